The molecule has 1 fully saturated rings. The Balaban J connectivity index is 1.86. The Labute approximate surface area is 153 Å². The zero-order valence-electron chi connectivity index (χ0n) is 13.4. The van der Waals surface area contributed by atoms with Gasteiger partial charge in [0.05, 0.1) is 11.3 Å². The highest BCUT2D eigenvalue weighted by atomic mass is 32.2. The fourth-order valence-electron chi connectivity index (χ4n) is 2.66. The summed E-state index contributed by atoms with van der Waals surface area (Å²) in [6.07, 6.45) is 1.54. The molecule has 2 heterocycles. The van der Waals surface area contributed by atoms with E-state index in [0.717, 1.165) is 42.4 Å². The van der Waals surface area contributed by atoms with Crippen LogP contribution in [0.3, 0.4) is 0 Å². The average Bonchev–Trinajstić information content (AvgIpc) is 3.28. The van der Waals surface area contributed by atoms with Crippen molar-refractivity contribution < 1.29 is 27.5 Å². The van der Waals surface area contributed by atoms with Gasteiger partial charge >= 0.3 is 5.97 Å². The Morgan fingerprint density at radius 1 is 1.19 bits per heavy atom. The highest BCUT2D eigenvalue weighted by molar-refractivity contribution is 7.89. The van der Waals surface area contributed by atoms with Gasteiger partial charge in [-0.25, -0.2) is 17.6 Å². The number of hydrogen-bond acceptors (Lipinski definition) is 5. The largest absolute Gasteiger partial charge is 0.478 e. The van der Waals surface area contributed by atoms with Gasteiger partial charge in [-0.2, -0.15) is 4.31 Å². The summed E-state index contributed by atoms with van der Waals surface area (Å²) >= 11 is 0.942. The van der Waals surface area contributed by atoms with Crippen molar-refractivity contribution in [2.75, 3.05) is 18.4 Å². The fourth-order valence-corrected chi connectivity index (χ4v) is 5.48. The number of anilines is 1. The molecule has 0 saturated carbocycles. The number of amides is 1. The smallest absolute Gasteiger partial charge is 0.335 e. The Hall–Kier alpha value is -2.30. The predicted molar refractivity (Wildman–Crippen MR) is 93.6 cm³/mol. The number of hydrogen-bond donors (Lipinski definition) is 2. The van der Waals surface area contributed by atoms with E-state index >= 15 is 0 Å². The minimum Gasteiger partial charge on any atom is -0.478 e. The van der Waals surface area contributed by atoms with Crippen LogP contribution in [-0.4, -0.2) is 42.8 Å². The number of carboxylic acids is 1. The van der Waals surface area contributed by atoms with Crippen LogP contribution in [0.15, 0.2) is 34.5 Å². The molecule has 3 rings (SSSR count). The van der Waals surface area contributed by atoms with Crippen molar-refractivity contribution >= 4 is 38.9 Å². The lowest BCUT2D eigenvalue weighted by molar-refractivity contribution is 0.0696. The number of carbonyl (C=O) groups is 2. The molecular weight excluding hydrogens is 383 g/mol. The number of nitrogens with one attached hydrogen (secondary N) is 1. The first kappa shape index (κ1) is 18.5. The van der Waals surface area contributed by atoms with Crippen molar-refractivity contribution in [3.8, 4) is 0 Å². The van der Waals surface area contributed by atoms with E-state index in [1.807, 2.05) is 0 Å². The monoisotopic (exact) mass is 398 g/mol. The van der Waals surface area contributed by atoms with Crippen LogP contribution >= 0.6 is 11.3 Å². The summed E-state index contributed by atoms with van der Waals surface area (Å²) in [6.45, 7) is 0.815. The number of carbonyl (C=O) groups excluding carboxylic acids is 1. The van der Waals surface area contributed by atoms with Crippen molar-refractivity contribution in [1.29, 1.82) is 0 Å². The maximum Gasteiger partial charge on any atom is 0.335 e. The molecule has 138 valence electrons. The second-order valence-corrected chi connectivity index (χ2v) is 8.50. The molecule has 7 nitrogen and oxygen atoms in total. The molecule has 1 amide bonds. The first-order chi connectivity index (χ1) is 12.3. The second kappa shape index (κ2) is 7.14. The van der Waals surface area contributed by atoms with E-state index < -0.39 is 27.7 Å². The molecule has 1 aliphatic rings. The molecule has 10 heteroatoms. The van der Waals surface area contributed by atoms with Crippen molar-refractivity contribution in [3.63, 3.8) is 0 Å². The molecular formula is C16H15FN2O5S2. The van der Waals surface area contributed by atoms with Gasteiger partial charge in [0.15, 0.2) is 0 Å². The minimum atomic E-state index is -3.78. The standard InChI is InChI=1S/C16H15FN2O5S2/c17-11-9-10(16(21)22)3-4-12(11)18-15(20)14-13(5-8-25-14)26(23,24)19-6-1-2-7-19/h3-5,8-9H,1-2,6-7H2,(H,18,20)(H,21,22). The van der Waals surface area contributed by atoms with Gasteiger partial charge in [-0.1, -0.05) is 0 Å². The summed E-state index contributed by atoms with van der Waals surface area (Å²) in [6, 6.07) is 4.42. The second-order valence-electron chi connectivity index (χ2n) is 5.68. The number of rotatable bonds is 5. The quantitative estimate of drug-likeness (QED) is 0.806. The first-order valence-corrected chi connectivity index (χ1v) is 10.0. The minimum absolute atomic E-state index is 0.0430. The molecule has 0 aliphatic carbocycles. The van der Waals surface area contributed by atoms with E-state index in [9.17, 15) is 22.4 Å². The van der Waals surface area contributed by atoms with Crippen LogP contribution in [0, 0.1) is 5.82 Å². The van der Waals surface area contributed by atoms with Gasteiger partial charge in [0, 0.05) is 13.1 Å². The van der Waals surface area contributed by atoms with Crippen molar-refractivity contribution in [2.45, 2.75) is 17.7 Å². The highest BCUT2D eigenvalue weighted by Gasteiger charge is 2.32. The molecule has 0 radical (unpaired) electrons. The molecule has 26 heavy (non-hydrogen) atoms. The number of benzene rings is 1. The summed E-state index contributed by atoms with van der Waals surface area (Å²) in [5, 5.41) is 12.6. The number of carboxylic acid groups (broad SMARTS) is 1. The van der Waals surface area contributed by atoms with E-state index in [4.69, 9.17) is 5.11 Å². The van der Waals surface area contributed by atoms with Gasteiger partial charge in [0.25, 0.3) is 5.91 Å². The van der Waals surface area contributed by atoms with E-state index in [1.165, 1.54) is 15.8 Å². The molecule has 1 saturated heterocycles. The Morgan fingerprint density at radius 2 is 1.88 bits per heavy atom. The lowest BCUT2D eigenvalue weighted by Gasteiger charge is -2.15. The van der Waals surface area contributed by atoms with Crippen LogP contribution < -0.4 is 5.32 Å². The van der Waals surface area contributed by atoms with Crippen LogP contribution in [0.25, 0.3) is 0 Å². The number of halogens is 1. The van der Waals surface area contributed by atoms with Crippen LogP contribution in [0.1, 0.15) is 32.9 Å². The maximum atomic E-state index is 14.0. The molecule has 2 N–H and O–H groups in total. The molecule has 1 aromatic carbocycles. The van der Waals surface area contributed by atoms with Gasteiger partial charge in [0.2, 0.25) is 10.0 Å². The van der Waals surface area contributed by atoms with E-state index in [-0.39, 0.29) is 21.0 Å². The molecule has 0 bridgehead atoms. The Kier molecular flexibility index (Phi) is 5.08. The van der Waals surface area contributed by atoms with Crippen molar-refractivity contribution in [1.82, 2.24) is 4.31 Å². The topological polar surface area (TPSA) is 104 Å². The van der Waals surface area contributed by atoms with Gasteiger partial charge in [-0.05, 0) is 42.5 Å². The molecule has 0 unspecified atom stereocenters. The molecule has 1 aliphatic heterocycles. The summed E-state index contributed by atoms with van der Waals surface area (Å²) in [5.41, 5.74) is -0.480. The SMILES string of the molecule is O=C(O)c1ccc(NC(=O)c2sccc2S(=O)(=O)N2CCCC2)c(F)c1. The van der Waals surface area contributed by atoms with Gasteiger partial charge < -0.3 is 10.4 Å². The normalized spacial score (nSPS) is 15.1. The maximum absolute atomic E-state index is 14.0. The van der Waals surface area contributed by atoms with Crippen molar-refractivity contribution in [3.05, 3.63) is 45.9 Å². The van der Waals surface area contributed by atoms with Crippen LogP contribution in [0.4, 0.5) is 10.1 Å². The highest BCUT2D eigenvalue weighted by Crippen LogP contribution is 2.28. The number of nitrogens with zero attached hydrogens (tertiary/aromatic N) is 1. The Morgan fingerprint density at radius 3 is 2.50 bits per heavy atom. The summed E-state index contributed by atoms with van der Waals surface area (Å²) in [5.74, 6) is -2.97. The fraction of sp³-hybridized carbons (Fsp3) is 0.250. The van der Waals surface area contributed by atoms with E-state index in [2.05, 4.69) is 5.32 Å². The van der Waals surface area contributed by atoms with E-state index in [0.29, 0.717) is 13.1 Å². The summed E-state index contributed by atoms with van der Waals surface area (Å²) in [4.78, 5) is 23.1. The zero-order chi connectivity index (χ0) is 18.9. The third-order valence-corrected chi connectivity index (χ3v) is 6.97. The van der Waals surface area contributed by atoms with Crippen LogP contribution in [0.5, 0.6) is 0 Å². The summed E-state index contributed by atoms with van der Waals surface area (Å²) in [7, 11) is -3.78. The Bertz CT molecular complexity index is 965. The van der Waals surface area contributed by atoms with Gasteiger partial charge in [-0.15, -0.1) is 11.3 Å². The number of thiophene rings is 1. The van der Waals surface area contributed by atoms with E-state index in [1.54, 1.807) is 0 Å². The lowest BCUT2D eigenvalue weighted by atomic mass is 10.2. The predicted octanol–water partition coefficient (Wildman–Crippen LogP) is 2.62. The molecule has 0 spiro atoms. The summed E-state index contributed by atoms with van der Waals surface area (Å²) < 4.78 is 40.7. The molecule has 0 atom stereocenters. The van der Waals surface area contributed by atoms with Gasteiger partial charge in [-0.3, -0.25) is 4.79 Å². The van der Waals surface area contributed by atoms with Crippen LogP contribution in [-0.2, 0) is 10.0 Å². The molecule has 1 aromatic heterocycles. The third kappa shape index (κ3) is 3.48. The third-order valence-electron chi connectivity index (χ3n) is 3.98. The lowest BCUT2D eigenvalue weighted by Crippen LogP contribution is -2.29. The van der Waals surface area contributed by atoms with Gasteiger partial charge in [0.1, 0.15) is 15.6 Å². The van der Waals surface area contributed by atoms with Crippen LogP contribution in [0.2, 0.25) is 0 Å². The van der Waals surface area contributed by atoms with Crippen molar-refractivity contribution in [2.24, 2.45) is 0 Å². The number of aromatic carboxylic acids is 1. The average molecular weight is 398 g/mol. The first-order valence-electron chi connectivity index (χ1n) is 7.72. The zero-order valence-corrected chi connectivity index (χ0v) is 15.1. The molecule has 2 aromatic rings. The number of sulfonamides is 1.